The molecule has 0 saturated carbocycles. The van der Waals surface area contributed by atoms with Crippen molar-refractivity contribution in [3.8, 4) is 0 Å². The van der Waals surface area contributed by atoms with Gasteiger partial charge in [-0.25, -0.2) is 0 Å². The Labute approximate surface area is 59.0 Å². The number of hydrogen-bond donors (Lipinski definition) is 3. The third kappa shape index (κ3) is 4.05. The van der Waals surface area contributed by atoms with Gasteiger partial charge in [0, 0.05) is 12.0 Å². The molecule has 0 aliphatic rings. The van der Waals surface area contributed by atoms with Crippen molar-refractivity contribution in [2.75, 3.05) is 0 Å². The smallest absolute Gasteiger partial charge is 0.244 e. The predicted molar refractivity (Wildman–Crippen MR) is 35.8 cm³/mol. The molecule has 0 heterocycles. The number of amides is 1. The van der Waals surface area contributed by atoms with Crippen molar-refractivity contribution in [1.82, 2.24) is 0 Å². The first kappa shape index (κ1) is 9.13. The number of carbonyl (C=O) groups is 1. The molecule has 0 saturated heterocycles. The molecule has 0 radical (unpaired) electrons. The molecule has 1 amide bonds. The Morgan fingerprint density at radius 2 is 2.10 bits per heavy atom. The zero-order chi connectivity index (χ0) is 8.15. The molecule has 0 aromatic carbocycles. The summed E-state index contributed by atoms with van der Waals surface area (Å²) < 4.78 is 0. The molecule has 0 bridgehead atoms. The van der Waals surface area contributed by atoms with E-state index in [1.807, 2.05) is 0 Å². The first-order chi connectivity index (χ1) is 4.54. The molecule has 4 heteroatoms. The van der Waals surface area contributed by atoms with Crippen molar-refractivity contribution >= 4 is 5.91 Å². The van der Waals surface area contributed by atoms with E-state index in [1.54, 1.807) is 0 Å². The van der Waals surface area contributed by atoms with E-state index < -0.39 is 12.2 Å². The highest BCUT2D eigenvalue weighted by molar-refractivity contribution is 5.91. The van der Waals surface area contributed by atoms with Crippen LogP contribution in [-0.2, 0) is 4.79 Å². The molecule has 0 atom stereocenters. The fourth-order valence-corrected chi connectivity index (χ4v) is 0.427. The molecular weight excluding hydrogens is 134 g/mol. The number of nitrogens with two attached hydrogens (primary N) is 1. The van der Waals surface area contributed by atoms with Crippen molar-refractivity contribution in [2.45, 2.75) is 19.1 Å². The molecule has 0 aliphatic heterocycles. The summed E-state index contributed by atoms with van der Waals surface area (Å²) in [6.45, 7) is 3.33. The molecule has 4 N–H and O–H groups in total. The topological polar surface area (TPSA) is 83.6 Å². The number of carbonyl (C=O) groups excluding carboxylic acids is 1. The second kappa shape index (κ2) is 4.03. The minimum atomic E-state index is -1.39. The van der Waals surface area contributed by atoms with Crippen LogP contribution in [0.5, 0.6) is 0 Å². The van der Waals surface area contributed by atoms with Gasteiger partial charge >= 0.3 is 0 Å². The highest BCUT2D eigenvalue weighted by Crippen LogP contribution is 2.02. The zero-order valence-electron chi connectivity index (χ0n) is 5.58. The Kier molecular flexibility index (Phi) is 3.68. The van der Waals surface area contributed by atoms with Crippen LogP contribution in [0.15, 0.2) is 12.2 Å². The van der Waals surface area contributed by atoms with Gasteiger partial charge in [-0.3, -0.25) is 4.79 Å². The lowest BCUT2D eigenvalue weighted by Crippen LogP contribution is -2.14. The third-order valence-electron chi connectivity index (χ3n) is 1.05. The molecule has 0 unspecified atom stereocenters. The van der Waals surface area contributed by atoms with Gasteiger partial charge in [0.1, 0.15) is 0 Å². The van der Waals surface area contributed by atoms with Gasteiger partial charge in [0.05, 0.1) is 0 Å². The summed E-state index contributed by atoms with van der Waals surface area (Å²) in [5.41, 5.74) is 5.04. The first-order valence-electron chi connectivity index (χ1n) is 2.87. The lowest BCUT2D eigenvalue weighted by molar-refractivity contribution is -0.114. The number of primary amides is 1. The largest absolute Gasteiger partial charge is 0.368 e. The number of aliphatic hydroxyl groups is 2. The highest BCUT2D eigenvalue weighted by atomic mass is 16.5. The maximum absolute atomic E-state index is 10.3. The number of rotatable bonds is 4. The Hall–Kier alpha value is -0.870. The predicted octanol–water partition coefficient (Wildman–Crippen LogP) is -0.881. The van der Waals surface area contributed by atoms with Crippen molar-refractivity contribution in [2.24, 2.45) is 5.73 Å². The Morgan fingerprint density at radius 1 is 1.60 bits per heavy atom. The molecule has 0 fully saturated rings. The van der Waals surface area contributed by atoms with E-state index in [9.17, 15) is 4.79 Å². The fraction of sp³-hybridized carbons (Fsp3) is 0.500. The molecule has 10 heavy (non-hydrogen) atoms. The molecule has 0 rings (SSSR count). The van der Waals surface area contributed by atoms with E-state index in [4.69, 9.17) is 15.9 Å². The summed E-state index contributed by atoms with van der Waals surface area (Å²) in [5.74, 6) is -0.597. The van der Waals surface area contributed by atoms with Crippen LogP contribution in [0.3, 0.4) is 0 Å². The molecule has 0 aromatic heterocycles. The van der Waals surface area contributed by atoms with Gasteiger partial charge in [0.25, 0.3) is 0 Å². The Morgan fingerprint density at radius 3 is 2.40 bits per heavy atom. The maximum Gasteiger partial charge on any atom is 0.244 e. The Balaban J connectivity index is 3.50. The maximum atomic E-state index is 10.3. The van der Waals surface area contributed by atoms with Gasteiger partial charge in [0.15, 0.2) is 6.29 Å². The van der Waals surface area contributed by atoms with Crippen LogP contribution in [0.2, 0.25) is 0 Å². The van der Waals surface area contributed by atoms with Crippen molar-refractivity contribution in [3.05, 3.63) is 12.2 Å². The van der Waals surface area contributed by atoms with Crippen LogP contribution in [0.1, 0.15) is 12.8 Å². The van der Waals surface area contributed by atoms with E-state index in [1.165, 1.54) is 0 Å². The summed E-state index contributed by atoms with van der Waals surface area (Å²) in [4.78, 5) is 10.3. The molecule has 0 aromatic rings. The minimum Gasteiger partial charge on any atom is -0.368 e. The third-order valence-corrected chi connectivity index (χ3v) is 1.05. The average Bonchev–Trinajstić information content (AvgIpc) is 1.82. The monoisotopic (exact) mass is 145 g/mol. The van der Waals surface area contributed by atoms with Crippen LogP contribution in [0.25, 0.3) is 0 Å². The highest BCUT2D eigenvalue weighted by Gasteiger charge is 2.03. The summed E-state index contributed by atoms with van der Waals surface area (Å²) in [6.07, 6.45) is -1.06. The van der Waals surface area contributed by atoms with Gasteiger partial charge < -0.3 is 15.9 Å². The quantitative estimate of drug-likeness (QED) is 0.355. The molecule has 0 aliphatic carbocycles. The van der Waals surface area contributed by atoms with Crippen LogP contribution in [0.4, 0.5) is 0 Å². The van der Waals surface area contributed by atoms with E-state index >= 15 is 0 Å². The van der Waals surface area contributed by atoms with Crippen LogP contribution >= 0.6 is 0 Å². The van der Waals surface area contributed by atoms with E-state index in [-0.39, 0.29) is 18.4 Å². The van der Waals surface area contributed by atoms with Crippen molar-refractivity contribution < 1.29 is 15.0 Å². The van der Waals surface area contributed by atoms with Gasteiger partial charge in [-0.15, -0.1) is 0 Å². The zero-order valence-corrected chi connectivity index (χ0v) is 5.58. The molecule has 4 nitrogen and oxygen atoms in total. The second-order valence-corrected chi connectivity index (χ2v) is 1.99. The van der Waals surface area contributed by atoms with Crippen molar-refractivity contribution in [3.63, 3.8) is 0 Å². The lowest BCUT2D eigenvalue weighted by Gasteiger charge is -2.01. The van der Waals surface area contributed by atoms with Gasteiger partial charge in [-0.1, -0.05) is 6.58 Å². The average molecular weight is 145 g/mol. The van der Waals surface area contributed by atoms with Crippen LogP contribution < -0.4 is 5.73 Å². The Bertz CT molecular complexity index is 142. The lowest BCUT2D eigenvalue weighted by atomic mass is 10.1. The first-order valence-corrected chi connectivity index (χ1v) is 2.87. The van der Waals surface area contributed by atoms with E-state index in [0.717, 1.165) is 0 Å². The van der Waals surface area contributed by atoms with Crippen LogP contribution in [-0.4, -0.2) is 22.4 Å². The minimum absolute atomic E-state index is 0.0990. The van der Waals surface area contributed by atoms with E-state index in [0.29, 0.717) is 0 Å². The molecule has 0 spiro atoms. The number of aliphatic hydroxyl groups excluding tert-OH is 1. The summed E-state index contributed by atoms with van der Waals surface area (Å²) in [5, 5.41) is 16.7. The van der Waals surface area contributed by atoms with Gasteiger partial charge in [-0.05, 0) is 6.42 Å². The number of hydrogen-bond acceptors (Lipinski definition) is 3. The SMILES string of the molecule is C=C(CCC(O)O)C(N)=O. The normalized spacial score (nSPS) is 9.90. The standard InChI is InChI=1S/C6H11NO3/c1-4(6(7)10)2-3-5(8)9/h5,8-9H,1-3H2,(H2,7,10). The molecule has 58 valence electrons. The van der Waals surface area contributed by atoms with Crippen LogP contribution in [0, 0.1) is 0 Å². The summed E-state index contributed by atoms with van der Waals surface area (Å²) in [6, 6.07) is 0. The second-order valence-electron chi connectivity index (χ2n) is 1.99. The molecular formula is C6H11NO3. The van der Waals surface area contributed by atoms with Crippen molar-refractivity contribution in [1.29, 1.82) is 0 Å². The van der Waals surface area contributed by atoms with E-state index in [2.05, 4.69) is 6.58 Å². The summed E-state index contributed by atoms with van der Waals surface area (Å²) in [7, 11) is 0. The van der Waals surface area contributed by atoms with Gasteiger partial charge in [0.2, 0.25) is 5.91 Å². The van der Waals surface area contributed by atoms with Gasteiger partial charge in [-0.2, -0.15) is 0 Å². The summed E-state index contributed by atoms with van der Waals surface area (Å²) >= 11 is 0. The fourth-order valence-electron chi connectivity index (χ4n) is 0.427.